The molecule has 5 rings (SSSR count). The zero-order valence-corrected chi connectivity index (χ0v) is 24.8. The SMILES string of the molecule is NOC(=O)c1ccc(N=Nc2ccc(N=Nc3c(S(=O)(=O)ON)cc4ccc(N)cc4c3O)c3cc(S(=O)(=O)ON)ccc23)cc1. The van der Waals surface area contributed by atoms with Gasteiger partial charge in [-0.1, -0.05) is 12.1 Å². The van der Waals surface area contributed by atoms with E-state index in [0.29, 0.717) is 11.1 Å². The van der Waals surface area contributed by atoms with Crippen molar-refractivity contribution >= 4 is 76.2 Å². The fraction of sp³-hybridized carbons (Fsp3) is 0. The quantitative estimate of drug-likeness (QED) is 0.0834. The number of hydrogen-bond donors (Lipinski definition) is 5. The molecule has 9 N–H and O–H groups in total. The van der Waals surface area contributed by atoms with Crippen LogP contribution in [-0.4, -0.2) is 27.9 Å². The van der Waals surface area contributed by atoms with Gasteiger partial charge >= 0.3 is 26.2 Å². The standard InChI is InChI=1S/C27H22N8O9S2/c28-16-4-1-15-11-24(46(40,41)44-31)25(26(36)20(15)12-16)35-34-23-10-9-22(19-8-7-18(13-21(19)23)45(38,39)43-30)33-32-17-5-2-14(3-6-17)27(37)42-29/h1-13,36H,28-31H2. The number of nitrogens with two attached hydrogens (primary N) is 4. The van der Waals surface area contributed by atoms with Gasteiger partial charge < -0.3 is 15.7 Å². The molecule has 0 heterocycles. The number of carbonyl (C=O) groups excluding carboxylic acids is 1. The number of carbonyl (C=O) groups is 1. The van der Waals surface area contributed by atoms with Crippen LogP contribution in [0, 0.1) is 0 Å². The van der Waals surface area contributed by atoms with Gasteiger partial charge in [0, 0.05) is 21.8 Å². The van der Waals surface area contributed by atoms with Gasteiger partial charge in [0.05, 0.1) is 27.5 Å². The number of rotatable bonds is 9. The van der Waals surface area contributed by atoms with Crippen molar-refractivity contribution in [3.8, 4) is 5.75 Å². The lowest BCUT2D eigenvalue weighted by molar-refractivity contribution is 0.0503. The number of hydrogen-bond acceptors (Lipinski definition) is 17. The Hall–Kier alpha value is -5.41. The summed E-state index contributed by atoms with van der Waals surface area (Å²) in [6, 6.07) is 18.0. The lowest BCUT2D eigenvalue weighted by atomic mass is 10.1. The van der Waals surface area contributed by atoms with Crippen LogP contribution in [0.1, 0.15) is 10.4 Å². The third-order valence-corrected chi connectivity index (χ3v) is 8.76. The molecule has 0 fully saturated rings. The van der Waals surface area contributed by atoms with Gasteiger partial charge in [0.25, 0.3) is 0 Å². The van der Waals surface area contributed by atoms with Crippen molar-refractivity contribution in [2.45, 2.75) is 9.79 Å². The fourth-order valence-corrected chi connectivity index (χ4v) is 5.68. The highest BCUT2D eigenvalue weighted by Crippen LogP contribution is 2.43. The Bertz CT molecular complexity index is 2300. The van der Waals surface area contributed by atoms with Crippen LogP contribution in [0.15, 0.2) is 109 Å². The molecule has 17 nitrogen and oxygen atoms in total. The number of anilines is 1. The molecular formula is C27H22N8O9S2. The minimum atomic E-state index is -4.62. The van der Waals surface area contributed by atoms with Crippen molar-refractivity contribution in [1.82, 2.24) is 0 Å². The van der Waals surface area contributed by atoms with E-state index in [2.05, 4.69) is 33.9 Å². The first-order valence-corrected chi connectivity index (χ1v) is 15.4. The molecule has 5 aromatic rings. The van der Waals surface area contributed by atoms with Crippen LogP contribution < -0.4 is 23.4 Å². The molecule has 0 bridgehead atoms. The number of fused-ring (bicyclic) bond motifs is 2. The van der Waals surface area contributed by atoms with Crippen LogP contribution in [0.25, 0.3) is 21.5 Å². The summed E-state index contributed by atoms with van der Waals surface area (Å²) in [7, 11) is -8.99. The second-order valence-corrected chi connectivity index (χ2v) is 12.4. The minimum absolute atomic E-state index is 0.0109. The van der Waals surface area contributed by atoms with Crippen LogP contribution in [0.2, 0.25) is 0 Å². The lowest BCUT2D eigenvalue weighted by Crippen LogP contribution is -2.11. The van der Waals surface area contributed by atoms with Crippen LogP contribution in [-0.2, 0) is 33.6 Å². The highest BCUT2D eigenvalue weighted by Gasteiger charge is 2.25. The molecule has 236 valence electrons. The van der Waals surface area contributed by atoms with Gasteiger partial charge in [-0.3, -0.25) is 0 Å². The highest BCUT2D eigenvalue weighted by molar-refractivity contribution is 7.87. The minimum Gasteiger partial charge on any atom is -0.505 e. The Balaban J connectivity index is 1.67. The summed E-state index contributed by atoms with van der Waals surface area (Å²) in [6.07, 6.45) is 0. The van der Waals surface area contributed by atoms with E-state index in [-0.39, 0.29) is 43.7 Å². The number of phenolic OH excluding ortho intramolecular Hbond substituents is 1. The second kappa shape index (κ2) is 12.5. The predicted octanol–water partition coefficient (Wildman–Crippen LogP) is 4.30. The van der Waals surface area contributed by atoms with Crippen molar-refractivity contribution < 1.29 is 40.1 Å². The summed E-state index contributed by atoms with van der Waals surface area (Å²) < 4.78 is 58.4. The largest absolute Gasteiger partial charge is 0.505 e. The van der Waals surface area contributed by atoms with Crippen LogP contribution in [0.4, 0.5) is 28.4 Å². The second-order valence-electron chi connectivity index (χ2n) is 9.32. The smallest absolute Gasteiger partial charge is 0.356 e. The topological polar surface area (TPSA) is 287 Å². The summed E-state index contributed by atoms with van der Waals surface area (Å²) in [4.78, 5) is 14.8. The Morgan fingerprint density at radius 3 is 1.98 bits per heavy atom. The molecule has 0 amide bonds. The van der Waals surface area contributed by atoms with Crippen molar-refractivity contribution in [3.63, 3.8) is 0 Å². The first kappa shape index (κ1) is 32.0. The van der Waals surface area contributed by atoms with Crippen molar-refractivity contribution in [3.05, 3.63) is 84.4 Å². The van der Waals surface area contributed by atoms with E-state index in [9.17, 15) is 26.7 Å². The molecule has 5 aromatic carbocycles. The molecule has 46 heavy (non-hydrogen) atoms. The molecule has 0 aliphatic heterocycles. The fourth-order valence-electron chi connectivity index (χ4n) is 4.33. The van der Waals surface area contributed by atoms with Gasteiger partial charge in [-0.15, -0.1) is 15.3 Å². The average Bonchev–Trinajstić information content (AvgIpc) is 3.06. The van der Waals surface area contributed by atoms with Gasteiger partial charge in [-0.2, -0.15) is 48.2 Å². The zero-order chi connectivity index (χ0) is 33.2. The van der Waals surface area contributed by atoms with E-state index in [4.69, 9.17) is 23.4 Å². The summed E-state index contributed by atoms with van der Waals surface area (Å²) in [5.74, 6) is 13.5. The summed E-state index contributed by atoms with van der Waals surface area (Å²) >= 11 is 0. The van der Waals surface area contributed by atoms with E-state index in [1.165, 1.54) is 78.9 Å². The summed E-state index contributed by atoms with van der Waals surface area (Å²) in [6.45, 7) is 0. The Kier molecular flexibility index (Phi) is 8.72. The van der Waals surface area contributed by atoms with Crippen molar-refractivity contribution in [2.75, 3.05) is 5.73 Å². The molecule has 0 aliphatic carbocycles. The molecule has 0 aromatic heterocycles. The molecule has 0 unspecified atom stereocenters. The van der Waals surface area contributed by atoms with Crippen molar-refractivity contribution in [1.29, 1.82) is 0 Å². The lowest BCUT2D eigenvalue weighted by Gasteiger charge is -2.11. The molecule has 0 radical (unpaired) electrons. The molecular weight excluding hydrogens is 644 g/mol. The average molecular weight is 667 g/mol. The third kappa shape index (κ3) is 6.23. The van der Waals surface area contributed by atoms with E-state index in [0.717, 1.165) is 0 Å². The highest BCUT2D eigenvalue weighted by atomic mass is 32.2. The maximum atomic E-state index is 12.7. The number of aromatic hydroxyl groups is 1. The number of nitrogens with zero attached hydrogens (tertiary/aromatic N) is 4. The molecule has 0 aliphatic rings. The molecule has 0 saturated heterocycles. The van der Waals surface area contributed by atoms with Crippen LogP contribution in [0.3, 0.4) is 0 Å². The number of nitrogen functional groups attached to an aromatic ring is 1. The maximum Gasteiger partial charge on any atom is 0.356 e. The number of phenols is 1. The Morgan fingerprint density at radius 2 is 1.33 bits per heavy atom. The molecule has 0 saturated carbocycles. The number of benzene rings is 5. The van der Waals surface area contributed by atoms with Crippen LogP contribution in [0.5, 0.6) is 5.75 Å². The van der Waals surface area contributed by atoms with E-state index >= 15 is 0 Å². The number of azo groups is 2. The monoisotopic (exact) mass is 666 g/mol. The van der Waals surface area contributed by atoms with Crippen LogP contribution >= 0.6 is 0 Å². The first-order chi connectivity index (χ1) is 21.9. The normalized spacial score (nSPS) is 12.4. The molecule has 0 spiro atoms. The first-order valence-electron chi connectivity index (χ1n) is 12.6. The Labute approximate surface area is 259 Å². The van der Waals surface area contributed by atoms with Crippen molar-refractivity contribution in [2.24, 2.45) is 38.1 Å². The molecule has 19 heteroatoms. The predicted molar refractivity (Wildman–Crippen MR) is 163 cm³/mol. The van der Waals surface area contributed by atoms with Gasteiger partial charge in [-0.25, -0.2) is 4.79 Å². The maximum absolute atomic E-state index is 12.7. The van der Waals surface area contributed by atoms with E-state index in [1.807, 2.05) is 0 Å². The molecule has 0 atom stereocenters. The van der Waals surface area contributed by atoms with Gasteiger partial charge in [0.1, 0.15) is 10.6 Å². The van der Waals surface area contributed by atoms with Gasteiger partial charge in [0.15, 0.2) is 5.75 Å². The summed E-state index contributed by atoms with van der Waals surface area (Å²) in [5, 5.41) is 28.4. The van der Waals surface area contributed by atoms with Gasteiger partial charge in [-0.05, 0) is 72.1 Å². The Morgan fingerprint density at radius 1 is 0.674 bits per heavy atom. The van der Waals surface area contributed by atoms with E-state index < -0.39 is 42.5 Å². The summed E-state index contributed by atoms with van der Waals surface area (Å²) in [5.41, 5.74) is 6.39. The third-order valence-electron chi connectivity index (χ3n) is 6.57. The zero-order valence-electron chi connectivity index (χ0n) is 23.1. The van der Waals surface area contributed by atoms with Gasteiger partial charge in [0.2, 0.25) is 0 Å². The van der Waals surface area contributed by atoms with E-state index in [1.54, 1.807) is 0 Å².